The van der Waals surface area contributed by atoms with Gasteiger partial charge in [-0.1, -0.05) is 23.7 Å². The van der Waals surface area contributed by atoms with E-state index < -0.39 is 0 Å². The highest BCUT2D eigenvalue weighted by Gasteiger charge is 2.20. The van der Waals surface area contributed by atoms with Crippen LogP contribution in [0.3, 0.4) is 0 Å². The number of aryl methyl sites for hydroxylation is 3. The molecule has 2 amide bonds. The van der Waals surface area contributed by atoms with Gasteiger partial charge in [-0.15, -0.1) is 11.3 Å². The van der Waals surface area contributed by atoms with Gasteiger partial charge < -0.3 is 10.2 Å². The van der Waals surface area contributed by atoms with Crippen LogP contribution >= 0.6 is 22.9 Å². The fourth-order valence-electron chi connectivity index (χ4n) is 3.80. The number of rotatable bonds is 6. The monoisotopic (exact) mass is 458 g/mol. The molecule has 31 heavy (non-hydrogen) atoms. The second-order valence-electron chi connectivity index (χ2n) is 7.66. The SMILES string of the molecule is CN(CC(=O)Nc1ccccc1Cl)C(=O)CCn1cnc2sc3c(c2c1=O)CCCC3. The Balaban J connectivity index is 1.38. The normalized spacial score (nSPS) is 13.1. The highest BCUT2D eigenvalue weighted by molar-refractivity contribution is 7.18. The molecule has 0 saturated heterocycles. The Labute approximate surface area is 188 Å². The third-order valence-corrected chi connectivity index (χ3v) is 6.99. The molecule has 0 aliphatic heterocycles. The number of thiophene rings is 1. The third kappa shape index (κ3) is 4.65. The molecule has 3 aromatic rings. The zero-order valence-electron chi connectivity index (χ0n) is 17.2. The minimum absolute atomic E-state index is 0.0867. The van der Waals surface area contributed by atoms with Crippen molar-refractivity contribution in [3.05, 3.63) is 56.4 Å². The quantitative estimate of drug-likeness (QED) is 0.613. The second kappa shape index (κ2) is 9.20. The lowest BCUT2D eigenvalue weighted by Crippen LogP contribution is -2.36. The Hall–Kier alpha value is -2.71. The van der Waals surface area contributed by atoms with Crippen molar-refractivity contribution in [1.29, 1.82) is 0 Å². The molecular weight excluding hydrogens is 436 g/mol. The molecule has 0 spiro atoms. The van der Waals surface area contributed by atoms with Crippen molar-refractivity contribution >= 4 is 50.7 Å². The van der Waals surface area contributed by atoms with E-state index in [1.807, 2.05) is 0 Å². The Bertz CT molecular complexity index is 1200. The molecule has 0 atom stereocenters. The molecule has 0 fully saturated rings. The maximum Gasteiger partial charge on any atom is 0.262 e. The van der Waals surface area contributed by atoms with E-state index in [4.69, 9.17) is 11.6 Å². The summed E-state index contributed by atoms with van der Waals surface area (Å²) in [7, 11) is 1.56. The van der Waals surface area contributed by atoms with Crippen LogP contribution in [0.15, 0.2) is 35.4 Å². The molecule has 2 heterocycles. The number of nitrogens with zero attached hydrogens (tertiary/aromatic N) is 3. The molecule has 0 bridgehead atoms. The first kappa shape index (κ1) is 21.5. The van der Waals surface area contributed by atoms with E-state index >= 15 is 0 Å². The van der Waals surface area contributed by atoms with E-state index in [1.165, 1.54) is 20.7 Å². The number of carbonyl (C=O) groups excluding carboxylic acids is 2. The topological polar surface area (TPSA) is 84.3 Å². The average molecular weight is 459 g/mol. The Kier molecular flexibility index (Phi) is 6.38. The molecule has 4 rings (SSSR count). The van der Waals surface area contributed by atoms with Gasteiger partial charge in [-0.3, -0.25) is 19.0 Å². The summed E-state index contributed by atoms with van der Waals surface area (Å²) < 4.78 is 1.50. The Morgan fingerprint density at radius 2 is 2.03 bits per heavy atom. The molecule has 2 aromatic heterocycles. The van der Waals surface area contributed by atoms with Crippen molar-refractivity contribution in [3.8, 4) is 0 Å². The molecule has 1 N–H and O–H groups in total. The summed E-state index contributed by atoms with van der Waals surface area (Å²) in [6.45, 7) is 0.121. The van der Waals surface area contributed by atoms with Gasteiger partial charge >= 0.3 is 0 Å². The van der Waals surface area contributed by atoms with E-state index in [1.54, 1.807) is 42.6 Å². The first-order valence-electron chi connectivity index (χ1n) is 10.2. The first-order chi connectivity index (χ1) is 14.9. The third-order valence-electron chi connectivity index (χ3n) is 5.46. The average Bonchev–Trinajstić information content (AvgIpc) is 3.14. The van der Waals surface area contributed by atoms with Crippen LogP contribution in [0.2, 0.25) is 5.02 Å². The second-order valence-corrected chi connectivity index (χ2v) is 9.15. The number of anilines is 1. The summed E-state index contributed by atoms with van der Waals surface area (Å²) in [6.07, 6.45) is 5.79. The number of amides is 2. The predicted octanol–water partition coefficient (Wildman–Crippen LogP) is 3.48. The van der Waals surface area contributed by atoms with Crippen LogP contribution in [-0.2, 0) is 29.0 Å². The van der Waals surface area contributed by atoms with Crippen LogP contribution in [-0.4, -0.2) is 39.9 Å². The summed E-state index contributed by atoms with van der Waals surface area (Å²) in [5.74, 6) is -0.567. The number of hydrogen-bond acceptors (Lipinski definition) is 5. The van der Waals surface area contributed by atoms with E-state index in [2.05, 4.69) is 10.3 Å². The molecule has 0 unspecified atom stereocenters. The number of benzene rings is 1. The fraction of sp³-hybridized carbons (Fsp3) is 0.364. The zero-order chi connectivity index (χ0) is 22.0. The first-order valence-corrected chi connectivity index (χ1v) is 11.4. The standard InChI is InChI=1S/C22H23ClN4O3S/c1-26(12-18(28)25-16-8-4-3-7-15(16)23)19(29)10-11-27-13-24-21-20(22(27)30)14-6-2-5-9-17(14)31-21/h3-4,7-8,13H,2,5-6,9-12H2,1H3,(H,25,28). The maximum atomic E-state index is 13.0. The lowest BCUT2D eigenvalue weighted by atomic mass is 9.97. The van der Waals surface area contributed by atoms with E-state index in [9.17, 15) is 14.4 Å². The van der Waals surface area contributed by atoms with Crippen molar-refractivity contribution in [2.24, 2.45) is 0 Å². The smallest absolute Gasteiger partial charge is 0.262 e. The molecule has 1 aliphatic carbocycles. The number of likely N-dealkylation sites (N-methyl/N-ethyl adjacent to an activating group) is 1. The van der Waals surface area contributed by atoms with Crippen molar-refractivity contribution in [3.63, 3.8) is 0 Å². The molecule has 1 aliphatic rings. The largest absolute Gasteiger partial charge is 0.336 e. The summed E-state index contributed by atoms with van der Waals surface area (Å²) in [5.41, 5.74) is 1.55. The lowest BCUT2D eigenvalue weighted by Gasteiger charge is -2.17. The number of hydrogen-bond donors (Lipinski definition) is 1. The van der Waals surface area contributed by atoms with Crippen LogP contribution in [0.1, 0.15) is 29.7 Å². The maximum absolute atomic E-state index is 13.0. The van der Waals surface area contributed by atoms with Gasteiger partial charge in [0.25, 0.3) is 5.56 Å². The number of carbonyl (C=O) groups is 2. The van der Waals surface area contributed by atoms with Crippen molar-refractivity contribution < 1.29 is 9.59 Å². The Morgan fingerprint density at radius 3 is 2.84 bits per heavy atom. The minimum atomic E-state index is -0.339. The van der Waals surface area contributed by atoms with Crippen molar-refractivity contribution in [1.82, 2.24) is 14.5 Å². The zero-order valence-corrected chi connectivity index (χ0v) is 18.8. The number of nitrogens with one attached hydrogen (secondary N) is 1. The van der Waals surface area contributed by atoms with Gasteiger partial charge in [0.05, 0.1) is 29.0 Å². The summed E-state index contributed by atoms with van der Waals surface area (Å²) >= 11 is 7.65. The van der Waals surface area contributed by atoms with Crippen molar-refractivity contribution in [2.45, 2.75) is 38.6 Å². The van der Waals surface area contributed by atoms with Crippen molar-refractivity contribution in [2.75, 3.05) is 18.9 Å². The number of fused-ring (bicyclic) bond motifs is 3. The molecule has 0 saturated carbocycles. The summed E-state index contributed by atoms with van der Waals surface area (Å²) in [5, 5.41) is 3.84. The molecular formula is C22H23ClN4O3S. The van der Waals surface area contributed by atoms with E-state index in [-0.39, 0.29) is 36.9 Å². The predicted molar refractivity (Wildman–Crippen MR) is 123 cm³/mol. The van der Waals surface area contributed by atoms with Gasteiger partial charge in [-0.05, 0) is 43.4 Å². The minimum Gasteiger partial charge on any atom is -0.336 e. The van der Waals surface area contributed by atoms with Gasteiger partial charge in [0.1, 0.15) is 4.83 Å². The van der Waals surface area contributed by atoms with Gasteiger partial charge in [0, 0.05) is 24.9 Å². The molecule has 7 nitrogen and oxygen atoms in total. The van der Waals surface area contributed by atoms with E-state index in [0.717, 1.165) is 36.1 Å². The molecule has 0 radical (unpaired) electrons. The van der Waals surface area contributed by atoms with Gasteiger partial charge in [-0.25, -0.2) is 4.98 Å². The summed E-state index contributed by atoms with van der Waals surface area (Å²) in [4.78, 5) is 45.6. The molecule has 1 aromatic carbocycles. The van der Waals surface area contributed by atoms with Gasteiger partial charge in [0.2, 0.25) is 11.8 Å². The lowest BCUT2D eigenvalue weighted by molar-refractivity contribution is -0.133. The number of para-hydroxylation sites is 1. The van der Waals surface area contributed by atoms with E-state index in [0.29, 0.717) is 16.1 Å². The fourth-order valence-corrected chi connectivity index (χ4v) is 5.21. The van der Waals surface area contributed by atoms with Crippen LogP contribution in [0.5, 0.6) is 0 Å². The number of aromatic nitrogens is 2. The number of halogens is 1. The van der Waals surface area contributed by atoms with Crippen LogP contribution in [0.4, 0.5) is 5.69 Å². The van der Waals surface area contributed by atoms with Gasteiger partial charge in [-0.2, -0.15) is 0 Å². The van der Waals surface area contributed by atoms with Crippen LogP contribution in [0, 0.1) is 0 Å². The highest BCUT2D eigenvalue weighted by atomic mass is 35.5. The molecule has 9 heteroatoms. The van der Waals surface area contributed by atoms with Gasteiger partial charge in [0.15, 0.2) is 0 Å². The van der Waals surface area contributed by atoms with Crippen LogP contribution < -0.4 is 10.9 Å². The highest BCUT2D eigenvalue weighted by Crippen LogP contribution is 2.33. The molecule has 162 valence electrons. The Morgan fingerprint density at radius 1 is 1.26 bits per heavy atom. The summed E-state index contributed by atoms with van der Waals surface area (Å²) in [6, 6.07) is 6.91. The van der Waals surface area contributed by atoms with Crippen LogP contribution in [0.25, 0.3) is 10.2 Å².